The Balaban J connectivity index is 2.07. The summed E-state index contributed by atoms with van der Waals surface area (Å²) >= 11 is 0. The molecule has 3 heteroatoms. The molecular weight excluding hydrogens is 334 g/mol. The molecule has 0 heterocycles. The van der Waals surface area contributed by atoms with Gasteiger partial charge in [0.1, 0.15) is 11.5 Å². The van der Waals surface area contributed by atoms with Gasteiger partial charge in [0.2, 0.25) is 0 Å². The lowest BCUT2D eigenvalue weighted by Crippen LogP contribution is -2.01. The fourth-order valence-corrected chi connectivity index (χ4v) is 3.44. The lowest BCUT2D eigenvalue weighted by molar-refractivity contribution is 0.410. The van der Waals surface area contributed by atoms with Crippen LogP contribution in [0.5, 0.6) is 11.5 Å². The summed E-state index contributed by atoms with van der Waals surface area (Å²) in [4.78, 5) is 0. The van der Waals surface area contributed by atoms with Crippen LogP contribution in [-0.2, 0) is 0 Å². The van der Waals surface area contributed by atoms with Crippen LogP contribution in [0.2, 0.25) is 0 Å². The van der Waals surface area contributed by atoms with Crippen LogP contribution in [0.1, 0.15) is 35.1 Å². The third-order valence-corrected chi connectivity index (χ3v) is 5.28. The molecule has 3 nitrogen and oxygen atoms in total. The number of nitrogen functional groups attached to an aromatic ring is 1. The summed E-state index contributed by atoms with van der Waals surface area (Å²) in [7, 11) is 3.42. The maximum Gasteiger partial charge on any atom is 0.126 e. The van der Waals surface area contributed by atoms with E-state index in [1.807, 2.05) is 24.3 Å². The zero-order valence-electron chi connectivity index (χ0n) is 16.7. The van der Waals surface area contributed by atoms with Crippen LogP contribution < -0.4 is 15.2 Å². The highest BCUT2D eigenvalue weighted by Gasteiger charge is 2.15. The molecule has 0 bridgehead atoms. The number of benzene rings is 3. The van der Waals surface area contributed by atoms with E-state index in [1.165, 1.54) is 22.3 Å². The number of rotatable bonds is 5. The van der Waals surface area contributed by atoms with Crippen LogP contribution in [0.3, 0.4) is 0 Å². The third kappa shape index (κ3) is 3.77. The smallest absolute Gasteiger partial charge is 0.126 e. The Labute approximate surface area is 161 Å². The summed E-state index contributed by atoms with van der Waals surface area (Å²) in [5, 5.41) is 0. The van der Waals surface area contributed by atoms with Gasteiger partial charge in [-0.2, -0.15) is 0 Å². The Kier molecular flexibility index (Phi) is 5.41. The molecule has 0 spiro atoms. The van der Waals surface area contributed by atoms with Gasteiger partial charge in [0, 0.05) is 17.2 Å². The number of hydrogen-bond acceptors (Lipinski definition) is 3. The zero-order valence-corrected chi connectivity index (χ0v) is 16.7. The maximum absolute atomic E-state index is 5.98. The molecule has 0 aromatic heterocycles. The van der Waals surface area contributed by atoms with Crippen molar-refractivity contribution in [1.82, 2.24) is 0 Å². The summed E-state index contributed by atoms with van der Waals surface area (Å²) < 4.78 is 11.2. The average molecular weight is 361 g/mol. The average Bonchev–Trinajstić information content (AvgIpc) is 2.68. The predicted octanol–water partition coefficient (Wildman–Crippen LogP) is 5.72. The molecule has 27 heavy (non-hydrogen) atoms. The largest absolute Gasteiger partial charge is 0.496 e. The molecular formula is C24H27NO2. The number of nitrogens with two attached hydrogens (primary N) is 1. The Morgan fingerprint density at radius 2 is 1.56 bits per heavy atom. The van der Waals surface area contributed by atoms with Gasteiger partial charge in [0.25, 0.3) is 0 Å². The second-order valence-corrected chi connectivity index (χ2v) is 6.97. The molecule has 140 valence electrons. The minimum atomic E-state index is 0.226. The monoisotopic (exact) mass is 361 g/mol. The second-order valence-electron chi connectivity index (χ2n) is 6.97. The normalized spacial score (nSPS) is 11.9. The number of anilines is 1. The quantitative estimate of drug-likeness (QED) is 0.591. The van der Waals surface area contributed by atoms with E-state index in [9.17, 15) is 0 Å². The molecule has 0 aliphatic rings. The van der Waals surface area contributed by atoms with E-state index >= 15 is 0 Å². The van der Waals surface area contributed by atoms with Crippen LogP contribution in [0.25, 0.3) is 11.1 Å². The first-order valence-electron chi connectivity index (χ1n) is 9.13. The number of methoxy groups -OCH3 is 2. The fraction of sp³-hybridized carbons (Fsp3) is 0.250. The predicted molar refractivity (Wildman–Crippen MR) is 113 cm³/mol. The van der Waals surface area contributed by atoms with E-state index in [1.54, 1.807) is 14.2 Å². The van der Waals surface area contributed by atoms with Crippen LogP contribution in [0, 0.1) is 13.8 Å². The molecule has 1 atom stereocenters. The summed E-state index contributed by atoms with van der Waals surface area (Å²) in [5.74, 6) is 2.00. The van der Waals surface area contributed by atoms with E-state index in [0.29, 0.717) is 0 Å². The van der Waals surface area contributed by atoms with Crippen molar-refractivity contribution in [3.05, 3.63) is 76.9 Å². The molecule has 1 unspecified atom stereocenters. The number of hydrogen-bond donors (Lipinski definition) is 1. The molecule has 3 aromatic carbocycles. The van der Waals surface area contributed by atoms with Crippen LogP contribution in [0.15, 0.2) is 54.6 Å². The van der Waals surface area contributed by atoms with Gasteiger partial charge in [-0.05, 0) is 72.0 Å². The topological polar surface area (TPSA) is 44.5 Å². The SMILES string of the molecule is COc1ccc(C(C)c2cc(C)c(C)c(OC)c2)cc1-c1cccc(N)c1. The van der Waals surface area contributed by atoms with Crippen LogP contribution in [0.4, 0.5) is 5.69 Å². The van der Waals surface area contributed by atoms with E-state index < -0.39 is 0 Å². The van der Waals surface area contributed by atoms with Crippen molar-refractivity contribution in [2.24, 2.45) is 0 Å². The van der Waals surface area contributed by atoms with E-state index in [-0.39, 0.29) is 5.92 Å². The molecule has 0 radical (unpaired) electrons. The highest BCUT2D eigenvalue weighted by molar-refractivity contribution is 5.74. The lowest BCUT2D eigenvalue weighted by Gasteiger charge is -2.19. The molecule has 0 amide bonds. The van der Waals surface area contributed by atoms with Gasteiger partial charge >= 0.3 is 0 Å². The first-order chi connectivity index (χ1) is 12.9. The molecule has 3 rings (SSSR count). The first kappa shape index (κ1) is 18.8. The highest BCUT2D eigenvalue weighted by Crippen LogP contribution is 2.37. The van der Waals surface area contributed by atoms with Gasteiger partial charge in [0.15, 0.2) is 0 Å². The van der Waals surface area contributed by atoms with Crippen molar-refractivity contribution >= 4 is 5.69 Å². The Morgan fingerprint density at radius 3 is 2.22 bits per heavy atom. The summed E-state index contributed by atoms with van der Waals surface area (Å²) in [6, 6.07) is 18.6. The molecule has 0 saturated carbocycles. The van der Waals surface area contributed by atoms with Crippen molar-refractivity contribution in [2.45, 2.75) is 26.7 Å². The molecule has 2 N–H and O–H groups in total. The van der Waals surface area contributed by atoms with Crippen molar-refractivity contribution in [2.75, 3.05) is 20.0 Å². The van der Waals surface area contributed by atoms with Crippen LogP contribution >= 0.6 is 0 Å². The van der Waals surface area contributed by atoms with E-state index in [0.717, 1.165) is 28.3 Å². The summed E-state index contributed by atoms with van der Waals surface area (Å²) in [6.45, 7) is 6.43. The second kappa shape index (κ2) is 7.75. The molecule has 0 saturated heterocycles. The van der Waals surface area contributed by atoms with Crippen molar-refractivity contribution in [3.63, 3.8) is 0 Å². The number of aryl methyl sites for hydroxylation is 1. The number of ether oxygens (including phenoxy) is 2. The molecule has 3 aromatic rings. The minimum Gasteiger partial charge on any atom is -0.496 e. The first-order valence-corrected chi connectivity index (χ1v) is 9.13. The molecule has 0 aliphatic carbocycles. The van der Waals surface area contributed by atoms with Gasteiger partial charge in [-0.25, -0.2) is 0 Å². The van der Waals surface area contributed by atoms with Crippen molar-refractivity contribution in [3.8, 4) is 22.6 Å². The Hall–Kier alpha value is -2.94. The van der Waals surface area contributed by atoms with Gasteiger partial charge in [-0.1, -0.05) is 31.2 Å². The van der Waals surface area contributed by atoms with Crippen LogP contribution in [-0.4, -0.2) is 14.2 Å². The van der Waals surface area contributed by atoms with E-state index in [4.69, 9.17) is 15.2 Å². The lowest BCUT2D eigenvalue weighted by atomic mass is 9.88. The maximum atomic E-state index is 5.98. The van der Waals surface area contributed by atoms with Gasteiger partial charge in [-0.3, -0.25) is 0 Å². The Bertz CT molecular complexity index is 963. The summed E-state index contributed by atoms with van der Waals surface area (Å²) in [6.07, 6.45) is 0. The molecule has 0 fully saturated rings. The molecule has 0 aliphatic heterocycles. The van der Waals surface area contributed by atoms with Crippen molar-refractivity contribution < 1.29 is 9.47 Å². The fourth-order valence-electron chi connectivity index (χ4n) is 3.44. The zero-order chi connectivity index (χ0) is 19.6. The van der Waals surface area contributed by atoms with Crippen molar-refractivity contribution in [1.29, 1.82) is 0 Å². The minimum absolute atomic E-state index is 0.226. The van der Waals surface area contributed by atoms with E-state index in [2.05, 4.69) is 51.1 Å². The highest BCUT2D eigenvalue weighted by atomic mass is 16.5. The van der Waals surface area contributed by atoms with Gasteiger partial charge < -0.3 is 15.2 Å². The van der Waals surface area contributed by atoms with Gasteiger partial charge in [-0.15, -0.1) is 0 Å². The Morgan fingerprint density at radius 1 is 0.815 bits per heavy atom. The van der Waals surface area contributed by atoms with Gasteiger partial charge in [0.05, 0.1) is 14.2 Å². The standard InChI is InChI=1S/C24H27NO2/c1-15-11-20(14-24(27-5)16(15)2)17(3)18-9-10-23(26-4)22(13-18)19-7-6-8-21(25)12-19/h6-14,17H,25H2,1-5H3. The summed E-state index contributed by atoms with van der Waals surface area (Å²) in [5.41, 5.74) is 13.7. The third-order valence-electron chi connectivity index (χ3n) is 5.28.